The molecule has 1 aromatic rings. The number of halogens is 3. The Kier molecular flexibility index (Phi) is 3.76. The number of nitrogens with zero attached hydrogens (tertiary/aromatic N) is 3. The second-order valence-corrected chi connectivity index (χ2v) is 4.25. The number of aromatic nitrogens is 2. The molecule has 1 aromatic heterocycles. The molecule has 0 aliphatic carbocycles. The SMILES string of the molecule is NNc1nc(N2CCCC2CO)cc(C(F)(F)F)n1. The second kappa shape index (κ2) is 5.17. The van der Waals surface area contributed by atoms with Crippen LogP contribution in [0.25, 0.3) is 0 Å². The minimum atomic E-state index is -4.57. The van der Waals surface area contributed by atoms with E-state index in [1.54, 1.807) is 4.90 Å². The Morgan fingerprint density at radius 1 is 1.47 bits per heavy atom. The number of aliphatic hydroxyl groups excluding tert-OH is 1. The van der Waals surface area contributed by atoms with Crippen LogP contribution in [0.1, 0.15) is 18.5 Å². The first kappa shape index (κ1) is 13.8. The summed E-state index contributed by atoms with van der Waals surface area (Å²) in [5.41, 5.74) is 0.964. The quantitative estimate of drug-likeness (QED) is 0.558. The molecule has 0 spiro atoms. The minimum absolute atomic E-state index is 0.117. The number of rotatable bonds is 3. The first-order valence-corrected chi connectivity index (χ1v) is 5.76. The summed E-state index contributed by atoms with van der Waals surface area (Å²) in [6.45, 7) is 0.417. The summed E-state index contributed by atoms with van der Waals surface area (Å²) in [5, 5.41) is 9.21. The predicted octanol–water partition coefficient (Wildman–Crippen LogP) is 0.742. The van der Waals surface area contributed by atoms with Gasteiger partial charge in [-0.1, -0.05) is 0 Å². The first-order valence-electron chi connectivity index (χ1n) is 5.76. The molecule has 0 aromatic carbocycles. The lowest BCUT2D eigenvalue weighted by Crippen LogP contribution is -2.33. The molecule has 1 aliphatic rings. The van der Waals surface area contributed by atoms with Crippen molar-refractivity contribution in [3.8, 4) is 0 Å². The molecule has 4 N–H and O–H groups in total. The van der Waals surface area contributed by atoms with E-state index in [0.717, 1.165) is 12.5 Å². The van der Waals surface area contributed by atoms with Gasteiger partial charge < -0.3 is 10.0 Å². The second-order valence-electron chi connectivity index (χ2n) is 4.25. The zero-order chi connectivity index (χ0) is 14.0. The molecule has 0 radical (unpaired) electrons. The largest absolute Gasteiger partial charge is 0.433 e. The van der Waals surface area contributed by atoms with Crippen molar-refractivity contribution in [2.45, 2.75) is 25.1 Å². The van der Waals surface area contributed by atoms with E-state index in [2.05, 4.69) is 9.97 Å². The van der Waals surface area contributed by atoms with E-state index in [1.165, 1.54) is 0 Å². The number of nitrogens with one attached hydrogen (secondary N) is 1. The Hall–Kier alpha value is -1.61. The molecule has 0 amide bonds. The first-order chi connectivity index (χ1) is 8.95. The molecule has 19 heavy (non-hydrogen) atoms. The van der Waals surface area contributed by atoms with Gasteiger partial charge in [0, 0.05) is 12.6 Å². The summed E-state index contributed by atoms with van der Waals surface area (Å²) in [6, 6.07) is 0.649. The van der Waals surface area contributed by atoms with E-state index in [1.807, 2.05) is 5.43 Å². The molecule has 2 heterocycles. The monoisotopic (exact) mass is 277 g/mol. The van der Waals surface area contributed by atoms with E-state index < -0.39 is 11.9 Å². The van der Waals surface area contributed by atoms with Crippen molar-refractivity contribution >= 4 is 11.8 Å². The highest BCUT2D eigenvalue weighted by molar-refractivity contribution is 5.47. The average molecular weight is 277 g/mol. The zero-order valence-corrected chi connectivity index (χ0v) is 9.98. The van der Waals surface area contributed by atoms with Crippen LogP contribution in [0.3, 0.4) is 0 Å². The van der Waals surface area contributed by atoms with Crippen LogP contribution >= 0.6 is 0 Å². The van der Waals surface area contributed by atoms with Gasteiger partial charge in [-0.3, -0.25) is 5.43 Å². The molecule has 9 heteroatoms. The molecule has 2 rings (SSSR count). The molecule has 1 aliphatic heterocycles. The van der Waals surface area contributed by atoms with Gasteiger partial charge in [0.05, 0.1) is 12.6 Å². The van der Waals surface area contributed by atoms with Crippen molar-refractivity contribution in [1.29, 1.82) is 0 Å². The van der Waals surface area contributed by atoms with Crippen molar-refractivity contribution in [1.82, 2.24) is 9.97 Å². The van der Waals surface area contributed by atoms with Gasteiger partial charge in [0.1, 0.15) is 5.82 Å². The molecular weight excluding hydrogens is 263 g/mol. The number of nitrogens with two attached hydrogens (primary N) is 1. The standard InChI is InChI=1S/C10H14F3N5O/c11-10(12,13)7-4-8(16-9(15-7)17-14)18-3-1-2-6(18)5-19/h4,6,19H,1-3,5,14H2,(H,15,16,17). The minimum Gasteiger partial charge on any atom is -0.394 e. The number of nitrogen functional groups attached to an aromatic ring is 1. The van der Waals surface area contributed by atoms with Crippen molar-refractivity contribution in [2.75, 3.05) is 23.5 Å². The van der Waals surface area contributed by atoms with Gasteiger partial charge in [0.15, 0.2) is 5.69 Å². The molecule has 6 nitrogen and oxygen atoms in total. The Labute approximate surface area is 107 Å². The molecule has 106 valence electrons. The van der Waals surface area contributed by atoms with E-state index in [4.69, 9.17) is 5.84 Å². The van der Waals surface area contributed by atoms with Crippen LogP contribution < -0.4 is 16.2 Å². The molecule has 1 unspecified atom stereocenters. The van der Waals surface area contributed by atoms with Crippen LogP contribution in [0, 0.1) is 0 Å². The van der Waals surface area contributed by atoms with Crippen molar-refractivity contribution in [3.63, 3.8) is 0 Å². The van der Waals surface area contributed by atoms with Crippen LogP contribution in [-0.4, -0.2) is 34.3 Å². The maximum Gasteiger partial charge on any atom is 0.433 e. The number of hydrazine groups is 1. The highest BCUT2D eigenvalue weighted by Gasteiger charge is 2.35. The van der Waals surface area contributed by atoms with Crippen LogP contribution in [0.5, 0.6) is 0 Å². The number of alkyl halides is 3. The zero-order valence-electron chi connectivity index (χ0n) is 9.98. The molecule has 0 bridgehead atoms. The Balaban J connectivity index is 2.39. The number of hydrogen-bond acceptors (Lipinski definition) is 6. The summed E-state index contributed by atoms with van der Waals surface area (Å²) in [5.74, 6) is 4.91. The van der Waals surface area contributed by atoms with Gasteiger partial charge >= 0.3 is 6.18 Å². The molecule has 1 saturated heterocycles. The summed E-state index contributed by atoms with van der Waals surface area (Å²) >= 11 is 0. The molecular formula is C10H14F3N5O. The average Bonchev–Trinajstić information content (AvgIpc) is 2.85. The fraction of sp³-hybridized carbons (Fsp3) is 0.600. The van der Waals surface area contributed by atoms with E-state index in [0.29, 0.717) is 13.0 Å². The number of anilines is 2. The third kappa shape index (κ3) is 2.87. The molecule has 0 saturated carbocycles. The van der Waals surface area contributed by atoms with Gasteiger partial charge in [-0.2, -0.15) is 18.2 Å². The number of aliphatic hydroxyl groups is 1. The van der Waals surface area contributed by atoms with Crippen molar-refractivity contribution < 1.29 is 18.3 Å². The fourth-order valence-corrected chi connectivity index (χ4v) is 2.12. The highest BCUT2D eigenvalue weighted by atomic mass is 19.4. The third-order valence-electron chi connectivity index (χ3n) is 3.01. The van der Waals surface area contributed by atoms with Gasteiger partial charge in [-0.25, -0.2) is 10.8 Å². The van der Waals surface area contributed by atoms with Gasteiger partial charge in [-0.15, -0.1) is 0 Å². The lowest BCUT2D eigenvalue weighted by atomic mass is 10.2. The van der Waals surface area contributed by atoms with E-state index >= 15 is 0 Å². The number of hydrogen-bond donors (Lipinski definition) is 3. The van der Waals surface area contributed by atoms with E-state index in [-0.39, 0.29) is 24.4 Å². The Morgan fingerprint density at radius 3 is 2.79 bits per heavy atom. The van der Waals surface area contributed by atoms with Crippen LogP contribution in [-0.2, 0) is 6.18 Å². The summed E-state index contributed by atoms with van der Waals surface area (Å²) in [6.07, 6.45) is -3.06. The van der Waals surface area contributed by atoms with E-state index in [9.17, 15) is 18.3 Å². The third-order valence-corrected chi connectivity index (χ3v) is 3.01. The van der Waals surface area contributed by atoms with Gasteiger partial charge in [-0.05, 0) is 12.8 Å². The summed E-state index contributed by atoms with van der Waals surface area (Å²) < 4.78 is 38.2. The molecule has 1 atom stereocenters. The highest BCUT2D eigenvalue weighted by Crippen LogP contribution is 2.32. The van der Waals surface area contributed by atoms with Gasteiger partial charge in [0.25, 0.3) is 0 Å². The van der Waals surface area contributed by atoms with Crippen LogP contribution in [0.4, 0.5) is 24.9 Å². The molecule has 1 fully saturated rings. The summed E-state index contributed by atoms with van der Waals surface area (Å²) in [7, 11) is 0. The summed E-state index contributed by atoms with van der Waals surface area (Å²) in [4.78, 5) is 8.83. The maximum atomic E-state index is 12.7. The fourth-order valence-electron chi connectivity index (χ4n) is 2.12. The Morgan fingerprint density at radius 2 is 2.21 bits per heavy atom. The van der Waals surface area contributed by atoms with Crippen molar-refractivity contribution in [3.05, 3.63) is 11.8 Å². The maximum absolute atomic E-state index is 12.7. The van der Waals surface area contributed by atoms with Crippen molar-refractivity contribution in [2.24, 2.45) is 5.84 Å². The normalized spacial score (nSPS) is 19.8. The lowest BCUT2D eigenvalue weighted by molar-refractivity contribution is -0.141. The topological polar surface area (TPSA) is 87.3 Å². The lowest BCUT2D eigenvalue weighted by Gasteiger charge is -2.25. The van der Waals surface area contributed by atoms with Gasteiger partial charge in [0.2, 0.25) is 5.95 Å². The predicted molar refractivity (Wildman–Crippen MR) is 62.3 cm³/mol. The Bertz CT molecular complexity index is 453. The smallest absolute Gasteiger partial charge is 0.394 e. The van der Waals surface area contributed by atoms with Crippen LogP contribution in [0.15, 0.2) is 6.07 Å². The van der Waals surface area contributed by atoms with Crippen LogP contribution in [0.2, 0.25) is 0 Å².